The van der Waals surface area contributed by atoms with Crippen LogP contribution in [0.4, 0.5) is 11.4 Å². The zero-order valence-corrected chi connectivity index (χ0v) is 12.0. The maximum absolute atomic E-state index is 10.8. The molecule has 0 unspecified atom stereocenters. The van der Waals surface area contributed by atoms with Gasteiger partial charge in [-0.05, 0) is 18.6 Å². The van der Waals surface area contributed by atoms with Crippen LogP contribution < -0.4 is 4.90 Å². The van der Waals surface area contributed by atoms with Gasteiger partial charge in [-0.1, -0.05) is 0 Å². The van der Waals surface area contributed by atoms with E-state index in [4.69, 9.17) is 4.74 Å². The minimum atomic E-state index is -0.348. The number of nitro benzene ring substituents is 1. The highest BCUT2D eigenvalue weighted by atomic mass is 16.6. The van der Waals surface area contributed by atoms with Crippen LogP contribution in [0.25, 0.3) is 0 Å². The summed E-state index contributed by atoms with van der Waals surface area (Å²) in [7, 11) is 1.72. The van der Waals surface area contributed by atoms with Crippen molar-refractivity contribution in [2.75, 3.05) is 51.3 Å². The summed E-state index contributed by atoms with van der Waals surface area (Å²) < 4.78 is 5.09. The van der Waals surface area contributed by atoms with Crippen molar-refractivity contribution in [3.63, 3.8) is 0 Å². The maximum Gasteiger partial charge on any atom is 0.269 e. The van der Waals surface area contributed by atoms with Crippen molar-refractivity contribution in [1.82, 2.24) is 4.90 Å². The topological polar surface area (TPSA) is 58.8 Å². The molecule has 6 heteroatoms. The lowest BCUT2D eigenvalue weighted by atomic mass is 10.1. The molecule has 0 amide bonds. The normalized spacial score (nSPS) is 16.4. The van der Waals surface area contributed by atoms with E-state index < -0.39 is 0 Å². The Morgan fingerprint density at radius 2 is 2.00 bits per heavy atom. The molecule has 110 valence electrons. The molecule has 0 radical (unpaired) electrons. The number of benzene rings is 1. The molecule has 1 aliphatic rings. The number of hydrogen-bond acceptors (Lipinski definition) is 5. The van der Waals surface area contributed by atoms with E-state index in [9.17, 15) is 10.1 Å². The van der Waals surface area contributed by atoms with Crippen LogP contribution >= 0.6 is 0 Å². The average molecular weight is 279 g/mol. The van der Waals surface area contributed by atoms with Crippen LogP contribution in [-0.2, 0) is 4.74 Å². The molecular formula is C14H21N3O3. The largest absolute Gasteiger partial charge is 0.383 e. The Labute approximate surface area is 119 Å². The van der Waals surface area contributed by atoms with E-state index in [2.05, 4.69) is 9.80 Å². The first-order valence-electron chi connectivity index (χ1n) is 6.83. The Morgan fingerprint density at radius 3 is 2.55 bits per heavy atom. The molecule has 0 N–H and O–H groups in total. The SMILES string of the molecule is COCCN1CCN(c2ccc([N+](=O)[O-])cc2C)CC1. The van der Waals surface area contributed by atoms with E-state index >= 15 is 0 Å². The summed E-state index contributed by atoms with van der Waals surface area (Å²) in [6.45, 7) is 7.55. The second-order valence-electron chi connectivity index (χ2n) is 5.05. The van der Waals surface area contributed by atoms with Crippen molar-refractivity contribution in [2.24, 2.45) is 0 Å². The van der Waals surface area contributed by atoms with Gasteiger partial charge < -0.3 is 9.64 Å². The summed E-state index contributed by atoms with van der Waals surface area (Å²) in [5.74, 6) is 0. The predicted molar refractivity (Wildman–Crippen MR) is 78.4 cm³/mol. The molecule has 0 saturated carbocycles. The Kier molecular flexibility index (Phi) is 4.92. The number of rotatable bonds is 5. The van der Waals surface area contributed by atoms with E-state index in [0.29, 0.717) is 0 Å². The van der Waals surface area contributed by atoms with Gasteiger partial charge >= 0.3 is 0 Å². The van der Waals surface area contributed by atoms with Gasteiger partial charge in [0, 0.05) is 57.7 Å². The van der Waals surface area contributed by atoms with Crippen LogP contribution in [0.1, 0.15) is 5.56 Å². The van der Waals surface area contributed by atoms with Crippen LogP contribution in [0, 0.1) is 17.0 Å². The highest BCUT2D eigenvalue weighted by Gasteiger charge is 2.19. The fourth-order valence-corrected chi connectivity index (χ4v) is 2.54. The molecule has 1 heterocycles. The van der Waals surface area contributed by atoms with E-state index in [1.54, 1.807) is 19.2 Å². The van der Waals surface area contributed by atoms with Gasteiger partial charge in [0.25, 0.3) is 5.69 Å². The summed E-state index contributed by atoms with van der Waals surface area (Å²) in [5.41, 5.74) is 2.22. The highest BCUT2D eigenvalue weighted by Crippen LogP contribution is 2.25. The lowest BCUT2D eigenvalue weighted by molar-refractivity contribution is -0.384. The maximum atomic E-state index is 10.8. The van der Waals surface area contributed by atoms with Crippen LogP contribution in [0.5, 0.6) is 0 Å². The van der Waals surface area contributed by atoms with Crippen molar-refractivity contribution in [2.45, 2.75) is 6.92 Å². The van der Waals surface area contributed by atoms with Crippen LogP contribution in [-0.4, -0.2) is 56.3 Å². The van der Waals surface area contributed by atoms with Gasteiger partial charge in [0.05, 0.1) is 11.5 Å². The molecule has 0 aliphatic carbocycles. The number of non-ortho nitro benzene ring substituents is 1. The van der Waals surface area contributed by atoms with Crippen LogP contribution in [0.15, 0.2) is 18.2 Å². The molecule has 20 heavy (non-hydrogen) atoms. The molecule has 1 aromatic rings. The summed E-state index contributed by atoms with van der Waals surface area (Å²) in [6, 6.07) is 5.09. The van der Waals surface area contributed by atoms with Gasteiger partial charge in [0.2, 0.25) is 0 Å². The molecule has 1 fully saturated rings. The van der Waals surface area contributed by atoms with Crippen molar-refractivity contribution in [3.8, 4) is 0 Å². The third-order valence-electron chi connectivity index (χ3n) is 3.72. The smallest absolute Gasteiger partial charge is 0.269 e. The first-order chi connectivity index (χ1) is 9.61. The first kappa shape index (κ1) is 14.7. The quantitative estimate of drug-likeness (QED) is 0.606. The number of aryl methyl sites for hydroxylation is 1. The Balaban J connectivity index is 1.98. The third-order valence-corrected chi connectivity index (χ3v) is 3.72. The molecule has 6 nitrogen and oxygen atoms in total. The molecule has 1 saturated heterocycles. The Morgan fingerprint density at radius 1 is 1.30 bits per heavy atom. The zero-order chi connectivity index (χ0) is 14.5. The van der Waals surface area contributed by atoms with Crippen molar-refractivity contribution in [3.05, 3.63) is 33.9 Å². The lowest BCUT2D eigenvalue weighted by Gasteiger charge is -2.36. The fourth-order valence-electron chi connectivity index (χ4n) is 2.54. The molecule has 0 atom stereocenters. The van der Waals surface area contributed by atoms with Crippen LogP contribution in [0.3, 0.4) is 0 Å². The summed E-state index contributed by atoms with van der Waals surface area (Å²) in [5, 5.41) is 10.8. The van der Waals surface area contributed by atoms with Crippen molar-refractivity contribution < 1.29 is 9.66 Å². The lowest BCUT2D eigenvalue weighted by Crippen LogP contribution is -2.47. The highest BCUT2D eigenvalue weighted by molar-refractivity contribution is 5.57. The Hall–Kier alpha value is -1.66. The molecule has 0 aromatic heterocycles. The van der Waals surface area contributed by atoms with Gasteiger partial charge in [-0.3, -0.25) is 15.0 Å². The molecule has 0 bridgehead atoms. The monoisotopic (exact) mass is 279 g/mol. The summed E-state index contributed by atoms with van der Waals surface area (Å²) >= 11 is 0. The molecule has 2 rings (SSSR count). The zero-order valence-electron chi connectivity index (χ0n) is 12.0. The Bertz CT molecular complexity index is 471. The van der Waals surface area contributed by atoms with Gasteiger partial charge in [-0.15, -0.1) is 0 Å². The van der Waals surface area contributed by atoms with Gasteiger partial charge in [0.15, 0.2) is 0 Å². The fraction of sp³-hybridized carbons (Fsp3) is 0.571. The number of nitro groups is 1. The van der Waals surface area contributed by atoms with Crippen molar-refractivity contribution >= 4 is 11.4 Å². The van der Waals surface area contributed by atoms with E-state index in [1.165, 1.54) is 0 Å². The number of piperazine rings is 1. The van der Waals surface area contributed by atoms with E-state index in [-0.39, 0.29) is 10.6 Å². The molecular weight excluding hydrogens is 258 g/mol. The molecule has 1 aromatic carbocycles. The minimum absolute atomic E-state index is 0.157. The molecule has 1 aliphatic heterocycles. The van der Waals surface area contributed by atoms with E-state index in [0.717, 1.165) is 50.6 Å². The number of hydrogen-bond donors (Lipinski definition) is 0. The number of nitrogens with zero attached hydrogens (tertiary/aromatic N) is 3. The molecule has 0 spiro atoms. The van der Waals surface area contributed by atoms with Crippen molar-refractivity contribution in [1.29, 1.82) is 0 Å². The number of ether oxygens (including phenoxy) is 1. The second-order valence-corrected chi connectivity index (χ2v) is 5.05. The summed E-state index contributed by atoms with van der Waals surface area (Å²) in [6.07, 6.45) is 0. The predicted octanol–water partition coefficient (Wildman–Crippen LogP) is 1.67. The average Bonchev–Trinajstić information content (AvgIpc) is 2.45. The van der Waals surface area contributed by atoms with Gasteiger partial charge in [-0.2, -0.15) is 0 Å². The standard InChI is InChI=1S/C14H21N3O3/c1-12-11-13(17(18)19)3-4-14(12)16-7-5-15(6-8-16)9-10-20-2/h3-4,11H,5-10H2,1-2H3. The second kappa shape index (κ2) is 6.67. The van der Waals surface area contributed by atoms with Gasteiger partial charge in [0.1, 0.15) is 0 Å². The third kappa shape index (κ3) is 3.46. The number of methoxy groups -OCH3 is 1. The van der Waals surface area contributed by atoms with Crippen LogP contribution in [0.2, 0.25) is 0 Å². The number of anilines is 1. The first-order valence-corrected chi connectivity index (χ1v) is 6.83. The summed E-state index contributed by atoms with van der Waals surface area (Å²) in [4.78, 5) is 15.1. The van der Waals surface area contributed by atoms with Gasteiger partial charge in [-0.25, -0.2) is 0 Å². The van der Waals surface area contributed by atoms with E-state index in [1.807, 2.05) is 13.0 Å². The minimum Gasteiger partial charge on any atom is -0.383 e.